The molecule has 3 N–H and O–H groups in total. The van der Waals surface area contributed by atoms with Crippen molar-refractivity contribution < 1.29 is 28.7 Å². The second-order valence-electron chi connectivity index (χ2n) is 8.08. The Morgan fingerprint density at radius 3 is 2.00 bits per heavy atom. The average Bonchev–Trinajstić information content (AvgIpc) is 2.83. The maximum atomic E-state index is 13.5. The molecule has 0 fully saturated rings. The maximum Gasteiger partial charge on any atom is 0.326 e. The normalized spacial score (nSPS) is 12.3. The Bertz CT molecular complexity index is 1210. The first kappa shape index (κ1) is 25.3. The molecule has 0 saturated heterocycles. The summed E-state index contributed by atoms with van der Waals surface area (Å²) in [6, 6.07) is 18.5. The van der Waals surface area contributed by atoms with Gasteiger partial charge in [0.2, 0.25) is 11.8 Å². The third kappa shape index (κ3) is 7.33. The molecule has 0 saturated carbocycles. The van der Waals surface area contributed by atoms with Crippen molar-refractivity contribution >= 4 is 23.6 Å². The third-order valence-electron chi connectivity index (χ3n) is 5.33. The number of carboxylic acid groups (broad SMARTS) is 1. The topological polar surface area (TPSA) is 113 Å². The molecule has 3 rings (SSSR count). The first-order valence-electron chi connectivity index (χ1n) is 11.0. The summed E-state index contributed by atoms with van der Waals surface area (Å²) >= 11 is 0. The predicted octanol–water partition coefficient (Wildman–Crippen LogP) is 2.92. The number of aliphatic carboxylic acids is 1. The third-order valence-corrected chi connectivity index (χ3v) is 5.33. The summed E-state index contributed by atoms with van der Waals surface area (Å²) in [7, 11) is 0. The van der Waals surface area contributed by atoms with Gasteiger partial charge in [-0.1, -0.05) is 66.7 Å². The lowest BCUT2D eigenvalue weighted by Crippen LogP contribution is -2.52. The Morgan fingerprint density at radius 1 is 0.771 bits per heavy atom. The van der Waals surface area contributed by atoms with Crippen molar-refractivity contribution in [1.29, 1.82) is 0 Å². The Hall–Kier alpha value is -4.33. The Balaban J connectivity index is 1.70. The molecule has 0 bridgehead atoms. The van der Waals surface area contributed by atoms with E-state index in [1.54, 1.807) is 54.6 Å². The summed E-state index contributed by atoms with van der Waals surface area (Å²) in [5, 5.41) is 14.6. The fourth-order valence-corrected chi connectivity index (χ4v) is 3.61. The Kier molecular flexibility index (Phi) is 8.45. The first-order valence-corrected chi connectivity index (χ1v) is 11.0. The summed E-state index contributed by atoms with van der Waals surface area (Å²) < 4.78 is 13.5. The van der Waals surface area contributed by atoms with Crippen molar-refractivity contribution in [2.75, 3.05) is 0 Å². The molecule has 0 aliphatic heterocycles. The van der Waals surface area contributed by atoms with Gasteiger partial charge in [-0.2, -0.15) is 0 Å². The van der Waals surface area contributed by atoms with E-state index >= 15 is 0 Å². The van der Waals surface area contributed by atoms with Crippen LogP contribution in [0.3, 0.4) is 0 Å². The van der Waals surface area contributed by atoms with Crippen LogP contribution in [0.4, 0.5) is 4.39 Å². The molecule has 2 atom stereocenters. The van der Waals surface area contributed by atoms with Crippen molar-refractivity contribution in [3.63, 3.8) is 0 Å². The van der Waals surface area contributed by atoms with E-state index in [1.807, 2.05) is 6.07 Å². The van der Waals surface area contributed by atoms with Gasteiger partial charge in [-0.25, -0.2) is 9.18 Å². The summed E-state index contributed by atoms with van der Waals surface area (Å²) in [6.45, 7) is 1.23. The number of carbonyl (C=O) groups excluding carboxylic acids is 3. The van der Waals surface area contributed by atoms with Crippen LogP contribution in [0.15, 0.2) is 78.9 Å². The molecule has 35 heavy (non-hydrogen) atoms. The van der Waals surface area contributed by atoms with Crippen LogP contribution in [0.1, 0.15) is 34.0 Å². The van der Waals surface area contributed by atoms with E-state index in [1.165, 1.54) is 25.1 Å². The lowest BCUT2D eigenvalue weighted by atomic mass is 9.99. The van der Waals surface area contributed by atoms with Crippen molar-refractivity contribution in [1.82, 2.24) is 10.6 Å². The highest BCUT2D eigenvalue weighted by molar-refractivity contribution is 6.08. The van der Waals surface area contributed by atoms with Crippen molar-refractivity contribution in [3.05, 3.63) is 107 Å². The van der Waals surface area contributed by atoms with Crippen LogP contribution in [0.5, 0.6) is 0 Å². The van der Waals surface area contributed by atoms with Crippen LogP contribution in [-0.2, 0) is 27.2 Å². The van der Waals surface area contributed by atoms with Gasteiger partial charge >= 0.3 is 5.97 Å². The summed E-state index contributed by atoms with van der Waals surface area (Å²) in [5.74, 6) is -3.08. The molecule has 3 aromatic rings. The van der Waals surface area contributed by atoms with Gasteiger partial charge in [0, 0.05) is 30.9 Å². The van der Waals surface area contributed by atoms with E-state index in [0.717, 1.165) is 0 Å². The minimum absolute atomic E-state index is 0.00813. The lowest BCUT2D eigenvalue weighted by molar-refractivity contribution is -0.142. The second-order valence-corrected chi connectivity index (χ2v) is 8.08. The molecule has 2 amide bonds. The van der Waals surface area contributed by atoms with Crippen LogP contribution in [0.2, 0.25) is 0 Å². The summed E-state index contributed by atoms with van der Waals surface area (Å²) in [6.07, 6.45) is -0.0422. The number of amides is 2. The molecule has 8 heteroatoms. The Labute approximate surface area is 202 Å². The highest BCUT2D eigenvalue weighted by Crippen LogP contribution is 2.13. The number of carbonyl (C=O) groups is 4. The van der Waals surface area contributed by atoms with Gasteiger partial charge in [-0.3, -0.25) is 14.4 Å². The number of carboxylic acids is 1. The Morgan fingerprint density at radius 2 is 1.40 bits per heavy atom. The quantitative estimate of drug-likeness (QED) is 0.390. The maximum absolute atomic E-state index is 13.5. The van der Waals surface area contributed by atoms with E-state index in [0.29, 0.717) is 22.3 Å². The minimum Gasteiger partial charge on any atom is -0.480 e. The van der Waals surface area contributed by atoms with Gasteiger partial charge in [0.1, 0.15) is 17.9 Å². The summed E-state index contributed by atoms with van der Waals surface area (Å²) in [4.78, 5) is 48.9. The molecule has 0 aromatic heterocycles. The van der Waals surface area contributed by atoms with Gasteiger partial charge in [0.25, 0.3) is 0 Å². The molecule has 0 radical (unpaired) electrons. The fraction of sp³-hybridized carbons (Fsp3) is 0.185. The van der Waals surface area contributed by atoms with Gasteiger partial charge < -0.3 is 15.7 Å². The van der Waals surface area contributed by atoms with Gasteiger partial charge in [0.15, 0.2) is 5.78 Å². The predicted molar refractivity (Wildman–Crippen MR) is 127 cm³/mol. The summed E-state index contributed by atoms with van der Waals surface area (Å²) in [5.41, 5.74) is 2.07. The van der Waals surface area contributed by atoms with Crippen LogP contribution in [-0.4, -0.2) is 40.8 Å². The molecule has 0 unspecified atom stereocenters. The monoisotopic (exact) mass is 476 g/mol. The van der Waals surface area contributed by atoms with Crippen LogP contribution in [0, 0.1) is 5.82 Å². The first-order chi connectivity index (χ1) is 16.7. The van der Waals surface area contributed by atoms with E-state index in [4.69, 9.17) is 0 Å². The average molecular weight is 477 g/mol. The van der Waals surface area contributed by atoms with E-state index in [2.05, 4.69) is 10.6 Å². The second kappa shape index (κ2) is 11.7. The van der Waals surface area contributed by atoms with Gasteiger partial charge in [-0.05, 0) is 23.3 Å². The largest absolute Gasteiger partial charge is 0.480 e. The number of rotatable bonds is 10. The van der Waals surface area contributed by atoms with Crippen LogP contribution in [0.25, 0.3) is 0 Å². The highest BCUT2D eigenvalue weighted by Gasteiger charge is 2.26. The molecule has 0 aliphatic rings. The molecule has 3 aromatic carbocycles. The van der Waals surface area contributed by atoms with Crippen molar-refractivity contribution in [3.8, 4) is 0 Å². The fourth-order valence-electron chi connectivity index (χ4n) is 3.61. The number of nitrogens with one attached hydrogen (secondary N) is 2. The number of hydrogen-bond donors (Lipinski definition) is 3. The molecule has 0 spiro atoms. The zero-order valence-corrected chi connectivity index (χ0v) is 19.0. The number of ketones is 1. The SMILES string of the molecule is CC(=O)N[C@H](Cc1cccc(F)c1)C(=O)N[C@H](Cc1ccc(C(=O)c2ccccc2)cc1)C(=O)O. The zero-order chi connectivity index (χ0) is 25.4. The smallest absolute Gasteiger partial charge is 0.326 e. The molecule has 0 aliphatic carbocycles. The molecular weight excluding hydrogens is 451 g/mol. The van der Waals surface area contributed by atoms with Crippen molar-refractivity contribution in [2.45, 2.75) is 31.8 Å². The van der Waals surface area contributed by atoms with Crippen LogP contribution < -0.4 is 10.6 Å². The standard InChI is InChI=1S/C27H25FN2O5/c1-17(31)29-23(16-19-6-5-9-22(28)14-19)26(33)30-24(27(34)35)15-18-10-12-21(13-11-18)25(32)20-7-3-2-4-8-20/h2-14,23-24H,15-16H2,1H3,(H,29,31)(H,30,33)(H,34,35)/t23-,24-/m1/s1. The molecule has 7 nitrogen and oxygen atoms in total. The van der Waals surface area contributed by atoms with E-state index in [-0.39, 0.29) is 18.6 Å². The van der Waals surface area contributed by atoms with E-state index < -0.39 is 35.7 Å². The molecule has 180 valence electrons. The molecule has 0 heterocycles. The van der Waals surface area contributed by atoms with Gasteiger partial charge in [-0.15, -0.1) is 0 Å². The zero-order valence-electron chi connectivity index (χ0n) is 19.0. The van der Waals surface area contributed by atoms with Gasteiger partial charge in [0.05, 0.1) is 0 Å². The number of hydrogen-bond acceptors (Lipinski definition) is 4. The number of halogens is 1. The van der Waals surface area contributed by atoms with E-state index in [9.17, 15) is 28.7 Å². The molecular formula is C27H25FN2O5. The highest BCUT2D eigenvalue weighted by atomic mass is 19.1. The van der Waals surface area contributed by atoms with Crippen LogP contribution >= 0.6 is 0 Å². The lowest BCUT2D eigenvalue weighted by Gasteiger charge is -2.21. The number of benzene rings is 3. The van der Waals surface area contributed by atoms with Crippen molar-refractivity contribution in [2.24, 2.45) is 0 Å². The minimum atomic E-state index is -1.28.